The van der Waals surface area contributed by atoms with Crippen LogP contribution in [-0.4, -0.2) is 42.0 Å². The summed E-state index contributed by atoms with van der Waals surface area (Å²) in [5.74, 6) is 3.00. The maximum Gasteiger partial charge on any atom is 0.191 e. The molecule has 104 valence electrons. The topological polar surface area (TPSA) is 41.6 Å². The van der Waals surface area contributed by atoms with Crippen LogP contribution in [0.25, 0.3) is 0 Å². The van der Waals surface area contributed by atoms with Crippen molar-refractivity contribution in [2.45, 2.75) is 19.3 Å². The third-order valence-electron chi connectivity index (χ3n) is 3.53. The van der Waals surface area contributed by atoms with Crippen molar-refractivity contribution >= 4 is 17.7 Å². The molecule has 4 heteroatoms. The monoisotopic (exact) mass is 277 g/mol. The van der Waals surface area contributed by atoms with Crippen LogP contribution in [0.15, 0.2) is 35.3 Å². The van der Waals surface area contributed by atoms with Crippen molar-refractivity contribution in [3.05, 3.63) is 35.9 Å². The van der Waals surface area contributed by atoms with Crippen molar-refractivity contribution in [2.75, 3.05) is 31.1 Å². The molecule has 1 heterocycles. The lowest BCUT2D eigenvalue weighted by Gasteiger charge is -2.29. The average molecular weight is 277 g/mol. The number of nitrogens with two attached hydrogens (primary N) is 1. The van der Waals surface area contributed by atoms with Gasteiger partial charge in [0, 0.05) is 30.0 Å². The van der Waals surface area contributed by atoms with Crippen LogP contribution in [0.1, 0.15) is 19.4 Å². The Hall–Kier alpha value is -1.16. The smallest absolute Gasteiger partial charge is 0.191 e. The van der Waals surface area contributed by atoms with Crippen LogP contribution in [0.4, 0.5) is 0 Å². The maximum atomic E-state index is 6.10. The van der Waals surface area contributed by atoms with E-state index in [1.807, 2.05) is 17.8 Å². The quantitative estimate of drug-likeness (QED) is 0.681. The van der Waals surface area contributed by atoms with Crippen LogP contribution in [0, 0.1) is 0 Å². The standard InChI is InChI=1S/C15H23N3S/c1-15(2,13-6-4-3-5-7-13)12-17-14(16)18-8-10-19-11-9-18/h3-7H,8-12H2,1-2H3,(H2,16,17). The Balaban J connectivity index is 2.00. The first kappa shape index (κ1) is 14.3. The van der Waals surface area contributed by atoms with E-state index in [0.29, 0.717) is 5.96 Å². The third-order valence-corrected chi connectivity index (χ3v) is 4.47. The molecule has 0 amide bonds. The van der Waals surface area contributed by atoms with Crippen LogP contribution in [-0.2, 0) is 5.41 Å². The van der Waals surface area contributed by atoms with E-state index in [1.165, 1.54) is 5.56 Å². The van der Waals surface area contributed by atoms with Gasteiger partial charge in [-0.15, -0.1) is 0 Å². The van der Waals surface area contributed by atoms with Gasteiger partial charge in [0.05, 0.1) is 6.54 Å². The van der Waals surface area contributed by atoms with Gasteiger partial charge in [0.2, 0.25) is 0 Å². The summed E-state index contributed by atoms with van der Waals surface area (Å²) in [5.41, 5.74) is 7.43. The first-order chi connectivity index (χ1) is 9.09. The Kier molecular flexibility index (Phi) is 4.75. The normalized spacial score (nSPS) is 17.6. The number of hydrogen-bond donors (Lipinski definition) is 1. The zero-order chi connectivity index (χ0) is 13.7. The summed E-state index contributed by atoms with van der Waals surface area (Å²) >= 11 is 1.98. The maximum absolute atomic E-state index is 6.10. The second-order valence-electron chi connectivity index (χ2n) is 5.52. The Morgan fingerprint density at radius 1 is 1.26 bits per heavy atom. The summed E-state index contributed by atoms with van der Waals surface area (Å²) in [4.78, 5) is 6.80. The summed E-state index contributed by atoms with van der Waals surface area (Å²) < 4.78 is 0. The molecule has 0 atom stereocenters. The van der Waals surface area contributed by atoms with E-state index >= 15 is 0 Å². The predicted octanol–water partition coefficient (Wildman–Crippen LogP) is 2.33. The highest BCUT2D eigenvalue weighted by atomic mass is 32.2. The molecular weight excluding hydrogens is 254 g/mol. The summed E-state index contributed by atoms with van der Waals surface area (Å²) in [6.45, 7) is 7.19. The molecule has 1 fully saturated rings. The molecule has 19 heavy (non-hydrogen) atoms. The SMILES string of the molecule is CC(C)(CN=C(N)N1CCSCC1)c1ccccc1. The second-order valence-corrected chi connectivity index (χ2v) is 6.75. The molecule has 1 aliphatic rings. The molecule has 0 unspecified atom stereocenters. The molecule has 2 rings (SSSR count). The van der Waals surface area contributed by atoms with E-state index in [0.717, 1.165) is 31.1 Å². The van der Waals surface area contributed by atoms with Crippen LogP contribution < -0.4 is 5.73 Å². The Morgan fingerprint density at radius 3 is 2.53 bits per heavy atom. The van der Waals surface area contributed by atoms with E-state index < -0.39 is 0 Å². The molecule has 0 spiro atoms. The molecule has 1 aromatic carbocycles. The average Bonchev–Trinajstić information content (AvgIpc) is 2.47. The molecule has 0 aromatic heterocycles. The molecule has 1 aliphatic heterocycles. The molecule has 0 saturated carbocycles. The molecule has 1 aromatic rings. The van der Waals surface area contributed by atoms with Gasteiger partial charge in [-0.25, -0.2) is 0 Å². The van der Waals surface area contributed by atoms with Gasteiger partial charge in [-0.3, -0.25) is 4.99 Å². The van der Waals surface area contributed by atoms with Crippen LogP contribution >= 0.6 is 11.8 Å². The molecule has 1 saturated heterocycles. The second kappa shape index (κ2) is 6.33. The molecule has 0 aliphatic carbocycles. The van der Waals surface area contributed by atoms with Crippen LogP contribution in [0.3, 0.4) is 0 Å². The Bertz CT molecular complexity index is 422. The highest BCUT2D eigenvalue weighted by molar-refractivity contribution is 7.99. The van der Waals surface area contributed by atoms with E-state index in [9.17, 15) is 0 Å². The van der Waals surface area contributed by atoms with Gasteiger partial charge < -0.3 is 10.6 Å². The highest BCUT2D eigenvalue weighted by Crippen LogP contribution is 2.23. The van der Waals surface area contributed by atoms with Crippen molar-refractivity contribution in [3.63, 3.8) is 0 Å². The van der Waals surface area contributed by atoms with Crippen molar-refractivity contribution in [3.8, 4) is 0 Å². The lowest BCUT2D eigenvalue weighted by molar-refractivity contribution is 0.449. The van der Waals surface area contributed by atoms with Gasteiger partial charge in [0.15, 0.2) is 5.96 Å². The predicted molar refractivity (Wildman–Crippen MR) is 84.9 cm³/mol. The lowest BCUT2D eigenvalue weighted by Crippen LogP contribution is -2.43. The molecule has 0 bridgehead atoms. The molecule has 0 radical (unpaired) electrons. The Morgan fingerprint density at radius 2 is 1.89 bits per heavy atom. The first-order valence-corrected chi connectivity index (χ1v) is 7.93. The van der Waals surface area contributed by atoms with Gasteiger partial charge in [0.1, 0.15) is 0 Å². The zero-order valence-electron chi connectivity index (χ0n) is 11.8. The van der Waals surface area contributed by atoms with E-state index in [-0.39, 0.29) is 5.41 Å². The summed E-state index contributed by atoms with van der Waals surface area (Å²) in [6.07, 6.45) is 0. The number of rotatable bonds is 3. The number of thioether (sulfide) groups is 1. The number of nitrogens with zero attached hydrogens (tertiary/aromatic N) is 2. The van der Waals surface area contributed by atoms with Crippen molar-refractivity contribution in [1.29, 1.82) is 0 Å². The largest absolute Gasteiger partial charge is 0.370 e. The molecular formula is C15H23N3S. The fourth-order valence-corrected chi connectivity index (χ4v) is 3.05. The van der Waals surface area contributed by atoms with Gasteiger partial charge in [-0.1, -0.05) is 44.2 Å². The summed E-state index contributed by atoms with van der Waals surface area (Å²) in [5, 5.41) is 0. The minimum Gasteiger partial charge on any atom is -0.370 e. The van der Waals surface area contributed by atoms with Crippen molar-refractivity contribution in [2.24, 2.45) is 10.7 Å². The zero-order valence-corrected chi connectivity index (χ0v) is 12.6. The number of guanidine groups is 1. The van der Waals surface area contributed by atoms with Crippen molar-refractivity contribution < 1.29 is 0 Å². The van der Waals surface area contributed by atoms with E-state index in [1.54, 1.807) is 0 Å². The van der Waals surface area contributed by atoms with E-state index in [2.05, 4.69) is 48.0 Å². The highest BCUT2D eigenvalue weighted by Gasteiger charge is 2.20. The molecule has 2 N–H and O–H groups in total. The summed E-state index contributed by atoms with van der Waals surface area (Å²) in [7, 11) is 0. The van der Waals surface area contributed by atoms with Gasteiger partial charge in [-0.05, 0) is 5.56 Å². The number of hydrogen-bond acceptors (Lipinski definition) is 2. The van der Waals surface area contributed by atoms with Crippen LogP contribution in [0.5, 0.6) is 0 Å². The summed E-state index contributed by atoms with van der Waals surface area (Å²) in [6, 6.07) is 10.5. The molecule has 3 nitrogen and oxygen atoms in total. The first-order valence-electron chi connectivity index (χ1n) is 6.78. The van der Waals surface area contributed by atoms with Gasteiger partial charge in [0.25, 0.3) is 0 Å². The van der Waals surface area contributed by atoms with Crippen LogP contribution in [0.2, 0.25) is 0 Å². The lowest BCUT2D eigenvalue weighted by atomic mass is 9.85. The fraction of sp³-hybridized carbons (Fsp3) is 0.533. The minimum atomic E-state index is 0.0242. The third kappa shape index (κ3) is 3.90. The fourth-order valence-electron chi connectivity index (χ4n) is 2.15. The van der Waals surface area contributed by atoms with Gasteiger partial charge >= 0.3 is 0 Å². The Labute approximate surface area is 120 Å². The number of benzene rings is 1. The van der Waals surface area contributed by atoms with E-state index in [4.69, 9.17) is 5.73 Å². The minimum absolute atomic E-state index is 0.0242. The van der Waals surface area contributed by atoms with Crippen molar-refractivity contribution in [1.82, 2.24) is 4.90 Å². The number of aliphatic imine (C=N–C) groups is 1. The van der Waals surface area contributed by atoms with Gasteiger partial charge in [-0.2, -0.15) is 11.8 Å².